The van der Waals surface area contributed by atoms with Gasteiger partial charge in [0, 0.05) is 14.4 Å². The van der Waals surface area contributed by atoms with Crippen molar-refractivity contribution in [2.45, 2.75) is 6.04 Å². The lowest BCUT2D eigenvalue weighted by atomic mass is 10.1. The maximum atomic E-state index is 6.19. The molecular formula is C11H7Br2Cl2NS. The highest BCUT2D eigenvalue weighted by atomic mass is 79.9. The molecule has 1 heterocycles. The molecule has 0 bridgehead atoms. The second-order valence-electron chi connectivity index (χ2n) is 3.45. The Kier molecular flexibility index (Phi) is 4.55. The molecule has 0 saturated heterocycles. The molecule has 0 radical (unpaired) electrons. The van der Waals surface area contributed by atoms with E-state index in [1.807, 2.05) is 24.3 Å². The highest BCUT2D eigenvalue weighted by Crippen LogP contribution is 2.37. The predicted octanol–water partition coefficient (Wildman–Crippen LogP) is 5.63. The summed E-state index contributed by atoms with van der Waals surface area (Å²) in [5.41, 5.74) is 7.14. The van der Waals surface area contributed by atoms with Crippen molar-refractivity contribution in [1.82, 2.24) is 0 Å². The maximum absolute atomic E-state index is 6.19. The number of halogens is 4. The average molecular weight is 416 g/mol. The Balaban J connectivity index is 2.39. The van der Waals surface area contributed by atoms with Crippen LogP contribution in [-0.2, 0) is 0 Å². The molecule has 1 atom stereocenters. The lowest BCUT2D eigenvalue weighted by molar-refractivity contribution is 0.892. The molecule has 2 aromatic rings. The van der Waals surface area contributed by atoms with Crippen LogP contribution in [0.4, 0.5) is 0 Å². The van der Waals surface area contributed by atoms with Crippen LogP contribution in [0.3, 0.4) is 0 Å². The van der Waals surface area contributed by atoms with Crippen LogP contribution in [-0.4, -0.2) is 0 Å². The first-order chi connectivity index (χ1) is 7.97. The minimum Gasteiger partial charge on any atom is -0.320 e. The van der Waals surface area contributed by atoms with E-state index in [4.69, 9.17) is 28.9 Å². The molecule has 2 rings (SSSR count). The van der Waals surface area contributed by atoms with E-state index in [0.717, 1.165) is 18.7 Å². The van der Waals surface area contributed by atoms with Crippen molar-refractivity contribution in [3.8, 4) is 0 Å². The van der Waals surface area contributed by atoms with Gasteiger partial charge in [-0.25, -0.2) is 0 Å². The maximum Gasteiger partial charge on any atom is 0.0888 e. The van der Waals surface area contributed by atoms with Crippen LogP contribution in [0, 0.1) is 0 Å². The molecule has 0 saturated carbocycles. The number of rotatable bonds is 2. The van der Waals surface area contributed by atoms with Gasteiger partial charge in [-0.1, -0.05) is 39.1 Å². The van der Waals surface area contributed by atoms with Crippen LogP contribution >= 0.6 is 66.4 Å². The summed E-state index contributed by atoms with van der Waals surface area (Å²) in [6, 6.07) is 7.29. The fourth-order valence-electron chi connectivity index (χ4n) is 1.44. The molecule has 1 unspecified atom stereocenters. The Morgan fingerprint density at radius 2 is 1.82 bits per heavy atom. The van der Waals surface area contributed by atoms with Crippen LogP contribution < -0.4 is 5.73 Å². The summed E-state index contributed by atoms with van der Waals surface area (Å²) in [7, 11) is 0. The van der Waals surface area contributed by atoms with Crippen molar-refractivity contribution in [3.63, 3.8) is 0 Å². The first-order valence-corrected chi connectivity index (χ1v) is 7.79. The minimum atomic E-state index is -0.223. The van der Waals surface area contributed by atoms with Crippen LogP contribution in [0.1, 0.15) is 16.5 Å². The van der Waals surface area contributed by atoms with Crippen molar-refractivity contribution in [2.24, 2.45) is 5.73 Å². The summed E-state index contributed by atoms with van der Waals surface area (Å²) in [6.07, 6.45) is 0. The summed E-state index contributed by atoms with van der Waals surface area (Å²) in [5.74, 6) is 0. The molecule has 1 nitrogen and oxygen atoms in total. The molecule has 1 aromatic carbocycles. The smallest absolute Gasteiger partial charge is 0.0888 e. The molecule has 0 amide bonds. The Labute approximate surface area is 130 Å². The molecule has 17 heavy (non-hydrogen) atoms. The molecular weight excluding hydrogens is 409 g/mol. The van der Waals surface area contributed by atoms with Crippen LogP contribution in [0.15, 0.2) is 32.5 Å². The summed E-state index contributed by atoms with van der Waals surface area (Å²) in [6.45, 7) is 0. The Bertz CT molecular complexity index is 517. The summed E-state index contributed by atoms with van der Waals surface area (Å²) < 4.78 is 1.81. The molecule has 0 aliphatic heterocycles. The third kappa shape index (κ3) is 3.25. The van der Waals surface area contributed by atoms with E-state index in [1.54, 1.807) is 0 Å². The lowest BCUT2D eigenvalue weighted by Gasteiger charge is -2.10. The zero-order valence-corrected chi connectivity index (χ0v) is 13.9. The van der Waals surface area contributed by atoms with Gasteiger partial charge in [0.2, 0.25) is 0 Å². The largest absolute Gasteiger partial charge is 0.320 e. The van der Waals surface area contributed by atoms with E-state index in [2.05, 4.69) is 31.9 Å². The molecule has 0 fully saturated rings. The van der Waals surface area contributed by atoms with Crippen molar-refractivity contribution in [3.05, 3.63) is 53.0 Å². The molecule has 90 valence electrons. The van der Waals surface area contributed by atoms with Gasteiger partial charge in [-0.2, -0.15) is 0 Å². The van der Waals surface area contributed by atoms with Crippen LogP contribution in [0.2, 0.25) is 10.0 Å². The van der Waals surface area contributed by atoms with E-state index in [1.165, 1.54) is 11.3 Å². The van der Waals surface area contributed by atoms with Gasteiger partial charge in [-0.05, 0) is 45.8 Å². The van der Waals surface area contributed by atoms with Gasteiger partial charge in [-0.3, -0.25) is 0 Å². The molecule has 0 aliphatic carbocycles. The SMILES string of the molecule is NC(c1cc(Cl)cc(Br)c1)c1cc(Cl)c(Br)s1. The minimum absolute atomic E-state index is 0.223. The average Bonchev–Trinajstić information content (AvgIpc) is 2.57. The Morgan fingerprint density at radius 1 is 1.12 bits per heavy atom. The number of benzene rings is 1. The molecule has 6 heteroatoms. The van der Waals surface area contributed by atoms with Crippen molar-refractivity contribution in [2.75, 3.05) is 0 Å². The Hall–Kier alpha value is 0.420. The Morgan fingerprint density at radius 3 is 2.35 bits per heavy atom. The first-order valence-electron chi connectivity index (χ1n) is 4.63. The second-order valence-corrected chi connectivity index (χ2v) is 7.61. The fraction of sp³-hybridized carbons (Fsp3) is 0.0909. The van der Waals surface area contributed by atoms with E-state index in [9.17, 15) is 0 Å². The third-order valence-corrected chi connectivity index (χ3v) is 5.45. The lowest BCUT2D eigenvalue weighted by Crippen LogP contribution is -2.10. The second kappa shape index (κ2) is 5.59. The standard InChI is InChI=1S/C11H7Br2Cl2NS/c12-6-1-5(2-7(14)3-6)10(16)9-4-8(15)11(13)17-9/h1-4,10H,16H2. The van der Waals surface area contributed by atoms with E-state index >= 15 is 0 Å². The molecule has 0 aliphatic rings. The normalized spacial score (nSPS) is 12.8. The highest BCUT2D eigenvalue weighted by molar-refractivity contribution is 9.11. The fourth-order valence-corrected chi connectivity index (χ4v) is 4.10. The first kappa shape index (κ1) is 13.8. The molecule has 0 spiro atoms. The monoisotopic (exact) mass is 413 g/mol. The quantitative estimate of drug-likeness (QED) is 0.676. The number of hydrogen-bond donors (Lipinski definition) is 1. The zero-order chi connectivity index (χ0) is 12.6. The third-order valence-electron chi connectivity index (χ3n) is 2.21. The van der Waals surface area contributed by atoms with Gasteiger partial charge in [0.05, 0.1) is 14.9 Å². The zero-order valence-electron chi connectivity index (χ0n) is 8.38. The molecule has 2 N–H and O–H groups in total. The van der Waals surface area contributed by atoms with Gasteiger partial charge in [-0.15, -0.1) is 11.3 Å². The van der Waals surface area contributed by atoms with Crippen LogP contribution in [0.25, 0.3) is 0 Å². The van der Waals surface area contributed by atoms with Gasteiger partial charge in [0.1, 0.15) is 0 Å². The van der Waals surface area contributed by atoms with Crippen molar-refractivity contribution < 1.29 is 0 Å². The summed E-state index contributed by atoms with van der Waals surface area (Å²) in [4.78, 5) is 0.996. The van der Waals surface area contributed by atoms with Gasteiger partial charge in [0.25, 0.3) is 0 Å². The van der Waals surface area contributed by atoms with Gasteiger partial charge in [0.15, 0.2) is 0 Å². The number of hydrogen-bond acceptors (Lipinski definition) is 2. The number of thiophene rings is 1. The van der Waals surface area contributed by atoms with E-state index in [0.29, 0.717) is 10.0 Å². The predicted molar refractivity (Wildman–Crippen MR) is 82.2 cm³/mol. The van der Waals surface area contributed by atoms with Crippen molar-refractivity contribution in [1.29, 1.82) is 0 Å². The summed E-state index contributed by atoms with van der Waals surface area (Å²) >= 11 is 20.3. The van der Waals surface area contributed by atoms with E-state index < -0.39 is 0 Å². The summed E-state index contributed by atoms with van der Waals surface area (Å²) in [5, 5.41) is 1.34. The van der Waals surface area contributed by atoms with Crippen LogP contribution in [0.5, 0.6) is 0 Å². The van der Waals surface area contributed by atoms with Gasteiger partial charge < -0.3 is 5.73 Å². The topological polar surface area (TPSA) is 26.0 Å². The van der Waals surface area contributed by atoms with Crippen molar-refractivity contribution >= 4 is 66.4 Å². The molecule has 1 aromatic heterocycles. The highest BCUT2D eigenvalue weighted by Gasteiger charge is 2.15. The van der Waals surface area contributed by atoms with Gasteiger partial charge >= 0.3 is 0 Å². The number of nitrogens with two attached hydrogens (primary N) is 1. The van der Waals surface area contributed by atoms with E-state index in [-0.39, 0.29) is 6.04 Å².